The van der Waals surface area contributed by atoms with Crippen molar-refractivity contribution in [2.45, 2.75) is 70.1 Å². The Bertz CT molecular complexity index is 1260. The number of rotatable bonds is 7. The van der Waals surface area contributed by atoms with Gasteiger partial charge in [-0.25, -0.2) is 4.79 Å². The number of aryl methyl sites for hydroxylation is 1. The summed E-state index contributed by atoms with van der Waals surface area (Å²) in [5, 5.41) is 15.3. The number of urea groups is 1. The third kappa shape index (κ3) is 5.80. The van der Waals surface area contributed by atoms with Crippen molar-refractivity contribution < 1.29 is 9.90 Å². The van der Waals surface area contributed by atoms with E-state index in [-0.39, 0.29) is 6.03 Å². The molecule has 0 atom stereocenters. The first-order valence-corrected chi connectivity index (χ1v) is 14.1. The molecule has 2 aromatic rings. The number of amides is 2. The number of carbonyl (C=O) groups excluding carboxylic acids is 1. The highest BCUT2D eigenvalue weighted by Gasteiger charge is 2.23. The van der Waals surface area contributed by atoms with E-state index < -0.39 is 5.60 Å². The molecule has 2 aliphatic rings. The largest absolute Gasteiger partial charge is 0.386 e. The summed E-state index contributed by atoms with van der Waals surface area (Å²) in [5.41, 5.74) is 7.98. The van der Waals surface area contributed by atoms with Crippen molar-refractivity contribution >= 4 is 40.6 Å². The molecular weight excluding hydrogens is 486 g/mol. The van der Waals surface area contributed by atoms with Crippen LogP contribution in [0.25, 0.3) is 5.57 Å². The molecule has 1 aliphatic carbocycles. The number of allylic oxidation sites excluding steroid dienone is 5. The maximum Gasteiger partial charge on any atom is 0.329 e. The summed E-state index contributed by atoms with van der Waals surface area (Å²) in [4.78, 5) is 15.2. The monoisotopic (exact) mass is 521 g/mol. The quantitative estimate of drug-likeness (QED) is 0.326. The second-order valence-corrected chi connectivity index (χ2v) is 11.7. The number of hydrogen-bond acceptors (Lipinski definition) is 5. The molecule has 5 nitrogen and oxygen atoms in total. The van der Waals surface area contributed by atoms with E-state index in [2.05, 4.69) is 65.5 Å². The molecule has 190 valence electrons. The van der Waals surface area contributed by atoms with Gasteiger partial charge < -0.3 is 15.3 Å². The van der Waals surface area contributed by atoms with Crippen molar-refractivity contribution in [3.63, 3.8) is 0 Å². The number of fused-ring (bicyclic) bond motifs is 1. The molecule has 0 saturated heterocycles. The Morgan fingerprint density at radius 3 is 2.81 bits per heavy atom. The van der Waals surface area contributed by atoms with E-state index in [1.54, 1.807) is 13.8 Å². The highest BCUT2D eigenvalue weighted by molar-refractivity contribution is 7.99. The van der Waals surface area contributed by atoms with Crippen molar-refractivity contribution in [1.82, 2.24) is 9.62 Å². The predicted octanol–water partition coefficient (Wildman–Crippen LogP) is 7.72. The van der Waals surface area contributed by atoms with Crippen LogP contribution in [0.4, 0.5) is 10.5 Å². The number of nitrogens with zero attached hydrogens (tertiary/aromatic N) is 1. The molecule has 1 aliphatic heterocycles. The molecule has 36 heavy (non-hydrogen) atoms. The molecule has 0 radical (unpaired) electrons. The summed E-state index contributed by atoms with van der Waals surface area (Å²) in [6.45, 7) is 9.88. The lowest BCUT2D eigenvalue weighted by molar-refractivity contribution is 0.0789. The van der Waals surface area contributed by atoms with Gasteiger partial charge in [0.25, 0.3) is 0 Å². The first-order chi connectivity index (χ1) is 17.2. The maximum absolute atomic E-state index is 13.0. The lowest BCUT2D eigenvalue weighted by Crippen LogP contribution is -2.24. The van der Waals surface area contributed by atoms with E-state index in [1.807, 2.05) is 24.4 Å². The molecule has 0 unspecified atom stereocenters. The molecule has 2 amide bonds. The van der Waals surface area contributed by atoms with E-state index in [0.717, 1.165) is 52.3 Å². The zero-order chi connectivity index (χ0) is 25.9. The summed E-state index contributed by atoms with van der Waals surface area (Å²) in [7, 11) is 0. The standard InChI is InChI=1S/C29H35N3O2S2/c1-6-14-32-15-13-21(16-25(32)19(3)7-2)24-12-11-20-9-8-10-23(20)27(24)30-28(33)31-36-26-17-22(18-35-26)29(4,5)34/h6,11-18,34H,7-10H2,1-5H3,(H2,30,31,33)/b14-6-,25-19?. The zero-order valence-electron chi connectivity index (χ0n) is 21.6. The van der Waals surface area contributed by atoms with E-state index in [9.17, 15) is 9.90 Å². The van der Waals surface area contributed by atoms with Crippen LogP contribution in [0.3, 0.4) is 0 Å². The fraction of sp³-hybridized carbons (Fsp3) is 0.345. The normalized spacial score (nSPS) is 16.8. The van der Waals surface area contributed by atoms with Gasteiger partial charge in [0.1, 0.15) is 0 Å². The number of nitrogens with one attached hydrogen (secondary N) is 2. The van der Waals surface area contributed by atoms with Crippen LogP contribution < -0.4 is 10.0 Å². The van der Waals surface area contributed by atoms with Gasteiger partial charge in [-0.3, -0.25) is 4.72 Å². The zero-order valence-corrected chi connectivity index (χ0v) is 23.3. The SMILES string of the molecule is C/C=C\N1C=CC(c2ccc3c(c2NC(=O)NSc2cc(C(C)(C)O)cs2)CCC3)=CC1=C(C)CC. The highest BCUT2D eigenvalue weighted by atomic mass is 32.2. The van der Waals surface area contributed by atoms with Gasteiger partial charge in [-0.1, -0.05) is 25.1 Å². The fourth-order valence-electron chi connectivity index (χ4n) is 4.47. The minimum atomic E-state index is -0.899. The maximum atomic E-state index is 13.0. The van der Waals surface area contributed by atoms with Crippen molar-refractivity contribution in [1.29, 1.82) is 0 Å². The number of aliphatic hydroxyl groups is 1. The third-order valence-corrected chi connectivity index (χ3v) is 8.49. The van der Waals surface area contributed by atoms with E-state index in [1.165, 1.54) is 45.7 Å². The average Bonchev–Trinajstić information content (AvgIpc) is 3.53. The Labute approximate surface area is 222 Å². The fourth-order valence-corrected chi connectivity index (χ4v) is 6.16. The van der Waals surface area contributed by atoms with Gasteiger partial charge in [0.15, 0.2) is 0 Å². The predicted molar refractivity (Wildman–Crippen MR) is 153 cm³/mol. The summed E-state index contributed by atoms with van der Waals surface area (Å²) >= 11 is 2.77. The molecule has 0 saturated carbocycles. The number of thiophene rings is 1. The van der Waals surface area contributed by atoms with Crippen molar-refractivity contribution in [2.24, 2.45) is 0 Å². The van der Waals surface area contributed by atoms with Gasteiger partial charge in [-0.2, -0.15) is 0 Å². The number of hydrogen-bond donors (Lipinski definition) is 3. The van der Waals surface area contributed by atoms with Crippen LogP contribution in [0.2, 0.25) is 0 Å². The molecule has 4 rings (SSSR count). The number of benzene rings is 1. The van der Waals surface area contributed by atoms with Crippen LogP contribution in [0.1, 0.15) is 69.7 Å². The molecule has 0 fully saturated rings. The number of anilines is 1. The molecule has 1 aromatic heterocycles. The second-order valence-electron chi connectivity index (χ2n) is 9.68. The summed E-state index contributed by atoms with van der Waals surface area (Å²) in [6.07, 6.45) is 14.6. The molecule has 3 N–H and O–H groups in total. The van der Waals surface area contributed by atoms with Gasteiger partial charge in [0.2, 0.25) is 0 Å². The molecule has 2 heterocycles. The van der Waals surface area contributed by atoms with E-state index in [0.29, 0.717) is 0 Å². The molecule has 0 bridgehead atoms. The number of carbonyl (C=O) groups is 1. The summed E-state index contributed by atoms with van der Waals surface area (Å²) in [5.74, 6) is 0. The third-order valence-electron chi connectivity index (χ3n) is 6.62. The summed E-state index contributed by atoms with van der Waals surface area (Å²) < 4.78 is 3.85. The lowest BCUT2D eigenvalue weighted by Gasteiger charge is -2.26. The first kappa shape index (κ1) is 26.3. The molecule has 0 spiro atoms. The Kier molecular flexibility index (Phi) is 8.13. The highest BCUT2D eigenvalue weighted by Crippen LogP contribution is 2.38. The van der Waals surface area contributed by atoms with Gasteiger partial charge in [-0.05, 0) is 117 Å². The minimum Gasteiger partial charge on any atom is -0.386 e. The topological polar surface area (TPSA) is 64.6 Å². The van der Waals surface area contributed by atoms with E-state index >= 15 is 0 Å². The van der Waals surface area contributed by atoms with Crippen molar-refractivity contribution in [2.75, 3.05) is 5.32 Å². The second kappa shape index (κ2) is 11.1. The van der Waals surface area contributed by atoms with E-state index in [4.69, 9.17) is 0 Å². The van der Waals surface area contributed by atoms with Crippen molar-refractivity contribution in [3.05, 3.63) is 87.7 Å². The minimum absolute atomic E-state index is 0.254. The Morgan fingerprint density at radius 1 is 1.31 bits per heavy atom. The molecule has 1 aromatic carbocycles. The van der Waals surface area contributed by atoms with Crippen molar-refractivity contribution in [3.8, 4) is 0 Å². The van der Waals surface area contributed by atoms with Crippen LogP contribution in [0, 0.1) is 0 Å². The Hall–Kier alpha value is -2.74. The van der Waals surface area contributed by atoms with Gasteiger partial charge in [0.05, 0.1) is 15.5 Å². The lowest BCUT2D eigenvalue weighted by atomic mass is 9.94. The van der Waals surface area contributed by atoms with Crippen LogP contribution in [0.15, 0.2) is 69.7 Å². The molecular formula is C29H35N3O2S2. The Balaban J connectivity index is 1.60. The Morgan fingerprint density at radius 2 is 2.11 bits per heavy atom. The van der Waals surface area contributed by atoms with Gasteiger partial charge in [-0.15, -0.1) is 11.3 Å². The average molecular weight is 522 g/mol. The molecule has 7 heteroatoms. The van der Waals surface area contributed by atoms with Crippen LogP contribution in [0.5, 0.6) is 0 Å². The van der Waals surface area contributed by atoms with Crippen LogP contribution in [-0.2, 0) is 18.4 Å². The van der Waals surface area contributed by atoms with Gasteiger partial charge >= 0.3 is 6.03 Å². The first-order valence-electron chi connectivity index (χ1n) is 12.4. The van der Waals surface area contributed by atoms with Crippen LogP contribution >= 0.6 is 23.3 Å². The van der Waals surface area contributed by atoms with Crippen LogP contribution in [-0.4, -0.2) is 16.0 Å². The smallest absolute Gasteiger partial charge is 0.329 e. The van der Waals surface area contributed by atoms with Gasteiger partial charge in [0, 0.05) is 23.7 Å². The summed E-state index contributed by atoms with van der Waals surface area (Å²) in [6, 6.07) is 6.01.